The van der Waals surface area contributed by atoms with Gasteiger partial charge < -0.3 is 21.1 Å². The highest BCUT2D eigenvalue weighted by atomic mass is 16.3. The molecule has 38 heavy (non-hydrogen) atoms. The number of hydrogen-bond acceptors (Lipinski definition) is 6. The van der Waals surface area contributed by atoms with Gasteiger partial charge in [-0.2, -0.15) is 0 Å². The van der Waals surface area contributed by atoms with E-state index in [-0.39, 0.29) is 30.0 Å². The van der Waals surface area contributed by atoms with Crippen LogP contribution in [0.3, 0.4) is 0 Å². The summed E-state index contributed by atoms with van der Waals surface area (Å²) in [6, 6.07) is 10.7. The van der Waals surface area contributed by atoms with Crippen LogP contribution in [0.25, 0.3) is 0 Å². The largest absolute Gasteiger partial charge is 0.508 e. The average Bonchev–Trinajstić information content (AvgIpc) is 3.71. The van der Waals surface area contributed by atoms with Crippen LogP contribution in [-0.4, -0.2) is 61.8 Å². The van der Waals surface area contributed by atoms with Gasteiger partial charge in [0.1, 0.15) is 11.5 Å². The van der Waals surface area contributed by atoms with Crippen LogP contribution < -0.4 is 5.73 Å². The van der Waals surface area contributed by atoms with Gasteiger partial charge in [0, 0.05) is 23.9 Å². The number of nitrogens with zero attached hydrogens (tertiary/aromatic N) is 2. The summed E-state index contributed by atoms with van der Waals surface area (Å²) in [4.78, 5) is 29.8. The second-order valence-electron chi connectivity index (χ2n) is 11.7. The zero-order chi connectivity index (χ0) is 27.2. The van der Waals surface area contributed by atoms with Crippen molar-refractivity contribution in [3.05, 3.63) is 59.2 Å². The lowest BCUT2D eigenvalue weighted by Crippen LogP contribution is -2.70. The van der Waals surface area contributed by atoms with E-state index < -0.39 is 23.0 Å². The number of likely N-dealkylation sites (tertiary alicyclic amines) is 1. The van der Waals surface area contributed by atoms with Crippen LogP contribution >= 0.6 is 0 Å². The maximum atomic E-state index is 13.8. The molecule has 5 N–H and O–H groups in total. The van der Waals surface area contributed by atoms with Crippen molar-refractivity contribution < 1.29 is 24.9 Å². The third kappa shape index (κ3) is 4.64. The molecule has 0 spiro atoms. The van der Waals surface area contributed by atoms with Crippen LogP contribution in [0.15, 0.2) is 42.5 Å². The van der Waals surface area contributed by atoms with Crippen molar-refractivity contribution in [3.63, 3.8) is 0 Å². The summed E-state index contributed by atoms with van der Waals surface area (Å²) in [7, 11) is 0. The maximum Gasteiger partial charge on any atom is 0.321 e. The molecule has 2 aliphatic carbocycles. The standard InChI is InChI=1S/C30H39N3O5/c1-19-3-8-25(35)15-26(19)29-13-14-32(17-21-4-5-21)20(2)30(29,38)12-11-23(16-29)27(36)33(28(31)37)18-22-6-9-24(34)10-7-22/h3,6-10,15,20-21,23,34-35,38H,4-5,11-14,16-18H2,1-2H3,(H2,31,37)/t20-,23-,29-,30?/m1/s1. The van der Waals surface area contributed by atoms with E-state index in [1.54, 1.807) is 24.3 Å². The van der Waals surface area contributed by atoms with Crippen molar-refractivity contribution in [3.8, 4) is 11.5 Å². The van der Waals surface area contributed by atoms with Gasteiger partial charge >= 0.3 is 6.03 Å². The van der Waals surface area contributed by atoms with Crippen LogP contribution in [0.4, 0.5) is 4.79 Å². The van der Waals surface area contributed by atoms with Crippen molar-refractivity contribution in [2.24, 2.45) is 17.6 Å². The first kappa shape index (κ1) is 26.5. The van der Waals surface area contributed by atoms with Crippen LogP contribution in [-0.2, 0) is 16.8 Å². The molecule has 1 aliphatic heterocycles. The molecule has 8 nitrogen and oxygen atoms in total. The second-order valence-corrected chi connectivity index (χ2v) is 11.7. The summed E-state index contributed by atoms with van der Waals surface area (Å²) < 4.78 is 0. The lowest BCUT2D eigenvalue weighted by molar-refractivity contribution is -0.170. The first-order valence-corrected chi connectivity index (χ1v) is 13.7. The third-order valence-corrected chi connectivity index (χ3v) is 9.45. The Kier molecular flexibility index (Phi) is 6.90. The molecule has 204 valence electrons. The number of piperidine rings is 1. The summed E-state index contributed by atoms with van der Waals surface area (Å²) in [6.45, 7) is 5.86. The summed E-state index contributed by atoms with van der Waals surface area (Å²) in [6.07, 6.45) is 4.34. The molecule has 3 amide bonds. The van der Waals surface area contributed by atoms with Crippen molar-refractivity contribution in [2.45, 2.75) is 76.0 Å². The summed E-state index contributed by atoms with van der Waals surface area (Å²) in [5.74, 6) is 0.0671. The molecule has 0 aromatic heterocycles. The van der Waals surface area contributed by atoms with Crippen LogP contribution in [0, 0.1) is 18.8 Å². The highest BCUT2D eigenvalue weighted by Crippen LogP contribution is 2.57. The number of aryl methyl sites for hydroxylation is 1. The molecule has 3 aliphatic rings. The van der Waals surface area contributed by atoms with Crippen LogP contribution in [0.2, 0.25) is 0 Å². The second kappa shape index (κ2) is 9.89. The van der Waals surface area contributed by atoms with E-state index >= 15 is 0 Å². The van der Waals surface area contributed by atoms with E-state index in [1.165, 1.54) is 25.0 Å². The number of amides is 3. The van der Waals surface area contributed by atoms with E-state index in [4.69, 9.17) is 5.73 Å². The van der Waals surface area contributed by atoms with Gasteiger partial charge in [0.05, 0.1) is 12.1 Å². The van der Waals surface area contributed by atoms with Gasteiger partial charge in [0.2, 0.25) is 5.91 Å². The molecule has 1 saturated heterocycles. The Bertz CT molecular complexity index is 1210. The average molecular weight is 522 g/mol. The summed E-state index contributed by atoms with van der Waals surface area (Å²) in [5, 5.41) is 32.6. The highest BCUT2D eigenvalue weighted by molar-refractivity contribution is 5.95. The number of carbonyl (C=O) groups is 2. The third-order valence-electron chi connectivity index (χ3n) is 9.45. The SMILES string of the molecule is Cc1ccc(O)cc1[C@]12CCN(CC3CC3)[C@H](C)C1(O)CC[C@@H](C(=O)N(Cc1ccc(O)cc1)C(N)=O)C2. The van der Waals surface area contributed by atoms with E-state index in [0.717, 1.165) is 29.1 Å². The van der Waals surface area contributed by atoms with E-state index in [2.05, 4.69) is 11.8 Å². The quantitative estimate of drug-likeness (QED) is 0.458. The fourth-order valence-electron chi connectivity index (χ4n) is 7.05. The molecular weight excluding hydrogens is 482 g/mol. The Labute approximate surface area is 224 Å². The Morgan fingerprint density at radius 1 is 1.05 bits per heavy atom. The number of phenols is 2. The van der Waals surface area contributed by atoms with Gasteiger partial charge in [-0.1, -0.05) is 18.2 Å². The minimum absolute atomic E-state index is 0.0128. The molecule has 1 unspecified atom stereocenters. The summed E-state index contributed by atoms with van der Waals surface area (Å²) >= 11 is 0. The number of benzene rings is 2. The molecule has 5 rings (SSSR count). The normalized spacial score (nSPS) is 29.4. The molecule has 2 aromatic rings. The van der Waals surface area contributed by atoms with E-state index in [0.29, 0.717) is 37.2 Å². The Hall–Kier alpha value is -3.10. The molecule has 0 radical (unpaired) electrons. The number of fused-ring (bicyclic) bond motifs is 1. The zero-order valence-electron chi connectivity index (χ0n) is 22.3. The predicted molar refractivity (Wildman–Crippen MR) is 143 cm³/mol. The topological polar surface area (TPSA) is 127 Å². The number of imide groups is 1. The summed E-state index contributed by atoms with van der Waals surface area (Å²) in [5.41, 5.74) is 6.36. The Morgan fingerprint density at radius 2 is 1.74 bits per heavy atom. The Morgan fingerprint density at radius 3 is 2.39 bits per heavy atom. The van der Waals surface area contributed by atoms with Crippen molar-refractivity contribution in [1.29, 1.82) is 0 Å². The molecule has 0 bridgehead atoms. The molecule has 3 fully saturated rings. The van der Waals surface area contributed by atoms with Crippen LogP contribution in [0.1, 0.15) is 62.1 Å². The van der Waals surface area contributed by atoms with Gasteiger partial charge in [-0.3, -0.25) is 14.6 Å². The molecule has 2 aromatic carbocycles. The minimum Gasteiger partial charge on any atom is -0.508 e. The smallest absolute Gasteiger partial charge is 0.321 e. The van der Waals surface area contributed by atoms with E-state index in [1.807, 2.05) is 13.0 Å². The Balaban J connectivity index is 1.49. The minimum atomic E-state index is -1.09. The number of aliphatic hydroxyl groups is 1. The molecule has 1 heterocycles. The first-order chi connectivity index (χ1) is 18.0. The monoisotopic (exact) mass is 521 g/mol. The highest BCUT2D eigenvalue weighted by Gasteiger charge is 2.62. The number of nitrogens with two attached hydrogens (primary N) is 1. The van der Waals surface area contributed by atoms with Gasteiger partial charge in [-0.05, 0) is 106 Å². The van der Waals surface area contributed by atoms with Crippen molar-refractivity contribution >= 4 is 11.9 Å². The molecule has 8 heteroatoms. The molecular formula is C30H39N3O5. The van der Waals surface area contributed by atoms with Crippen molar-refractivity contribution in [2.75, 3.05) is 13.1 Å². The fraction of sp³-hybridized carbons (Fsp3) is 0.533. The first-order valence-electron chi connectivity index (χ1n) is 13.7. The molecule has 4 atom stereocenters. The lowest BCUT2D eigenvalue weighted by atomic mass is 9.51. The van der Waals surface area contributed by atoms with Crippen LogP contribution in [0.5, 0.6) is 11.5 Å². The number of primary amides is 1. The number of rotatable bonds is 6. The maximum absolute atomic E-state index is 13.8. The number of urea groups is 1. The predicted octanol–water partition coefficient (Wildman–Crippen LogP) is 3.79. The van der Waals surface area contributed by atoms with Gasteiger partial charge in [0.15, 0.2) is 0 Å². The number of carbonyl (C=O) groups excluding carboxylic acids is 2. The van der Waals surface area contributed by atoms with Gasteiger partial charge in [-0.15, -0.1) is 0 Å². The van der Waals surface area contributed by atoms with Gasteiger partial charge in [-0.25, -0.2) is 4.79 Å². The zero-order valence-corrected chi connectivity index (χ0v) is 22.3. The van der Waals surface area contributed by atoms with Gasteiger partial charge in [0.25, 0.3) is 0 Å². The van der Waals surface area contributed by atoms with E-state index in [9.17, 15) is 24.9 Å². The molecule has 2 saturated carbocycles. The number of hydrogen-bond donors (Lipinski definition) is 4. The number of phenolic OH excluding ortho intramolecular Hbond substituents is 2. The number of aromatic hydroxyl groups is 2. The fourth-order valence-corrected chi connectivity index (χ4v) is 7.05. The lowest BCUT2D eigenvalue weighted by Gasteiger charge is -2.61. The van der Waals surface area contributed by atoms with Crippen molar-refractivity contribution in [1.82, 2.24) is 9.80 Å².